The second kappa shape index (κ2) is 6.52. The van der Waals surface area contributed by atoms with Crippen LogP contribution in [0.2, 0.25) is 5.02 Å². The summed E-state index contributed by atoms with van der Waals surface area (Å²) < 4.78 is 0. The molecule has 0 aliphatic carbocycles. The number of hydrogen-bond acceptors (Lipinski definition) is 2. The lowest BCUT2D eigenvalue weighted by Crippen LogP contribution is -2.22. The van der Waals surface area contributed by atoms with Crippen molar-refractivity contribution in [3.05, 3.63) is 34.9 Å². The molecular weight excluding hydrogens is 220 g/mol. The van der Waals surface area contributed by atoms with Crippen molar-refractivity contribution in [1.29, 1.82) is 5.26 Å². The lowest BCUT2D eigenvalue weighted by atomic mass is 10.1. The topological polar surface area (TPSA) is 35.8 Å². The summed E-state index contributed by atoms with van der Waals surface area (Å²) in [6, 6.07) is 9.41. The van der Waals surface area contributed by atoms with Gasteiger partial charge in [0.25, 0.3) is 0 Å². The lowest BCUT2D eigenvalue weighted by molar-refractivity contribution is 0.519. The van der Waals surface area contributed by atoms with Crippen LogP contribution in [0.25, 0.3) is 0 Å². The van der Waals surface area contributed by atoms with Crippen molar-refractivity contribution in [2.75, 3.05) is 6.54 Å². The third-order valence-corrected chi connectivity index (χ3v) is 2.65. The van der Waals surface area contributed by atoms with E-state index in [1.54, 1.807) is 0 Å². The van der Waals surface area contributed by atoms with E-state index in [4.69, 9.17) is 16.9 Å². The first-order chi connectivity index (χ1) is 7.63. The SMILES string of the molecule is CC(C)CCNC(C#N)c1ccc(Cl)cc1. The summed E-state index contributed by atoms with van der Waals surface area (Å²) in [6.07, 6.45) is 1.08. The fourth-order valence-corrected chi connectivity index (χ4v) is 1.54. The van der Waals surface area contributed by atoms with E-state index in [1.807, 2.05) is 24.3 Å². The Morgan fingerprint density at radius 1 is 1.31 bits per heavy atom. The van der Waals surface area contributed by atoms with Gasteiger partial charge >= 0.3 is 0 Å². The molecule has 86 valence electrons. The van der Waals surface area contributed by atoms with Crippen LogP contribution in [0.1, 0.15) is 31.9 Å². The Morgan fingerprint density at radius 2 is 1.94 bits per heavy atom. The van der Waals surface area contributed by atoms with Crippen LogP contribution in [0, 0.1) is 17.2 Å². The Labute approximate surface area is 102 Å². The number of rotatable bonds is 5. The number of halogens is 1. The molecule has 0 saturated carbocycles. The van der Waals surface area contributed by atoms with Gasteiger partial charge in [0, 0.05) is 5.02 Å². The van der Waals surface area contributed by atoms with Gasteiger partial charge < -0.3 is 0 Å². The number of nitrogens with one attached hydrogen (secondary N) is 1. The first-order valence-corrected chi connectivity index (χ1v) is 5.89. The highest BCUT2D eigenvalue weighted by Gasteiger charge is 2.09. The largest absolute Gasteiger partial charge is 0.298 e. The maximum absolute atomic E-state index is 9.07. The summed E-state index contributed by atoms with van der Waals surface area (Å²) in [7, 11) is 0. The van der Waals surface area contributed by atoms with Crippen LogP contribution in [0.5, 0.6) is 0 Å². The number of nitrogens with zero attached hydrogens (tertiary/aromatic N) is 1. The molecule has 1 unspecified atom stereocenters. The minimum atomic E-state index is -0.240. The first-order valence-electron chi connectivity index (χ1n) is 5.52. The van der Waals surface area contributed by atoms with Crippen LogP contribution < -0.4 is 5.32 Å². The molecule has 0 aliphatic rings. The highest BCUT2D eigenvalue weighted by Crippen LogP contribution is 2.16. The minimum absolute atomic E-state index is 0.240. The summed E-state index contributed by atoms with van der Waals surface area (Å²) in [4.78, 5) is 0. The fraction of sp³-hybridized carbons (Fsp3) is 0.462. The van der Waals surface area contributed by atoms with Crippen molar-refractivity contribution >= 4 is 11.6 Å². The predicted molar refractivity (Wildman–Crippen MR) is 67.3 cm³/mol. The molecule has 0 heterocycles. The maximum atomic E-state index is 9.07. The Bertz CT molecular complexity index is 351. The lowest BCUT2D eigenvalue weighted by Gasteiger charge is -2.12. The first kappa shape index (κ1) is 13.0. The zero-order valence-electron chi connectivity index (χ0n) is 9.70. The van der Waals surface area contributed by atoms with Crippen LogP contribution in [-0.2, 0) is 0 Å². The molecule has 0 aliphatic heterocycles. The maximum Gasteiger partial charge on any atom is 0.121 e. The van der Waals surface area contributed by atoms with Crippen molar-refractivity contribution in [3.63, 3.8) is 0 Å². The molecule has 1 aromatic rings. The molecule has 0 radical (unpaired) electrons. The van der Waals surface area contributed by atoms with Crippen LogP contribution in [0.3, 0.4) is 0 Å². The Kier molecular flexibility index (Phi) is 5.31. The number of hydrogen-bond donors (Lipinski definition) is 1. The van der Waals surface area contributed by atoms with Gasteiger partial charge in [-0.05, 0) is 36.6 Å². The summed E-state index contributed by atoms with van der Waals surface area (Å²) in [5, 5.41) is 13.0. The molecule has 0 bridgehead atoms. The average Bonchev–Trinajstić information content (AvgIpc) is 2.26. The van der Waals surface area contributed by atoms with Crippen molar-refractivity contribution in [1.82, 2.24) is 5.32 Å². The van der Waals surface area contributed by atoms with Gasteiger partial charge in [-0.2, -0.15) is 5.26 Å². The van der Waals surface area contributed by atoms with Crippen molar-refractivity contribution in [2.24, 2.45) is 5.92 Å². The predicted octanol–water partition coefficient (Wildman–Crippen LogP) is 3.54. The van der Waals surface area contributed by atoms with E-state index in [0.717, 1.165) is 18.5 Å². The molecule has 1 N–H and O–H groups in total. The Hall–Kier alpha value is -1.04. The Morgan fingerprint density at radius 3 is 2.44 bits per heavy atom. The van der Waals surface area contributed by atoms with E-state index in [9.17, 15) is 0 Å². The van der Waals surface area contributed by atoms with Gasteiger partial charge in [-0.25, -0.2) is 0 Å². The van der Waals surface area contributed by atoms with Crippen molar-refractivity contribution in [3.8, 4) is 6.07 Å². The molecule has 1 atom stereocenters. The Balaban J connectivity index is 2.55. The molecule has 16 heavy (non-hydrogen) atoms. The molecule has 3 heteroatoms. The zero-order valence-corrected chi connectivity index (χ0v) is 10.5. The molecular formula is C13H17ClN2. The van der Waals surface area contributed by atoms with Crippen LogP contribution in [0.15, 0.2) is 24.3 Å². The molecule has 0 fully saturated rings. The molecule has 0 saturated heterocycles. The molecule has 0 amide bonds. The minimum Gasteiger partial charge on any atom is -0.298 e. The van der Waals surface area contributed by atoms with Gasteiger partial charge in [0.2, 0.25) is 0 Å². The van der Waals surface area contributed by atoms with Gasteiger partial charge in [0.15, 0.2) is 0 Å². The van der Waals surface area contributed by atoms with E-state index in [-0.39, 0.29) is 6.04 Å². The van der Waals surface area contributed by atoms with Crippen LogP contribution in [0.4, 0.5) is 0 Å². The average molecular weight is 237 g/mol. The summed E-state index contributed by atoms with van der Waals surface area (Å²) in [5.41, 5.74) is 0.968. The highest BCUT2D eigenvalue weighted by atomic mass is 35.5. The van der Waals surface area contributed by atoms with E-state index < -0.39 is 0 Å². The van der Waals surface area contributed by atoms with Gasteiger partial charge in [-0.15, -0.1) is 0 Å². The fourth-order valence-electron chi connectivity index (χ4n) is 1.41. The summed E-state index contributed by atoms with van der Waals surface area (Å²) >= 11 is 5.80. The third-order valence-electron chi connectivity index (χ3n) is 2.40. The van der Waals surface area contributed by atoms with Gasteiger partial charge in [-0.1, -0.05) is 37.6 Å². The number of nitriles is 1. The second-order valence-electron chi connectivity index (χ2n) is 4.25. The highest BCUT2D eigenvalue weighted by molar-refractivity contribution is 6.30. The zero-order chi connectivity index (χ0) is 12.0. The normalized spacial score (nSPS) is 12.4. The van der Waals surface area contributed by atoms with E-state index in [2.05, 4.69) is 25.2 Å². The monoisotopic (exact) mass is 236 g/mol. The quantitative estimate of drug-likeness (QED) is 0.849. The molecule has 2 nitrogen and oxygen atoms in total. The molecule has 0 aromatic heterocycles. The van der Waals surface area contributed by atoms with E-state index in [1.165, 1.54) is 0 Å². The molecule has 1 aromatic carbocycles. The molecule has 0 spiro atoms. The molecule has 1 rings (SSSR count). The van der Waals surface area contributed by atoms with Crippen molar-refractivity contribution in [2.45, 2.75) is 26.3 Å². The van der Waals surface area contributed by atoms with Crippen LogP contribution in [-0.4, -0.2) is 6.54 Å². The smallest absolute Gasteiger partial charge is 0.121 e. The van der Waals surface area contributed by atoms with Crippen LogP contribution >= 0.6 is 11.6 Å². The summed E-state index contributed by atoms with van der Waals surface area (Å²) in [6.45, 7) is 5.20. The van der Waals surface area contributed by atoms with E-state index >= 15 is 0 Å². The van der Waals surface area contributed by atoms with Gasteiger partial charge in [-0.3, -0.25) is 5.32 Å². The second-order valence-corrected chi connectivity index (χ2v) is 4.69. The third kappa shape index (κ3) is 4.22. The standard InChI is InChI=1S/C13H17ClN2/c1-10(2)7-8-16-13(9-15)11-3-5-12(14)6-4-11/h3-6,10,13,16H,7-8H2,1-2H3. The summed E-state index contributed by atoms with van der Waals surface area (Å²) in [5.74, 6) is 0.650. The van der Waals surface area contributed by atoms with Gasteiger partial charge in [0.05, 0.1) is 6.07 Å². The van der Waals surface area contributed by atoms with Gasteiger partial charge in [0.1, 0.15) is 6.04 Å². The van der Waals surface area contributed by atoms with Crippen molar-refractivity contribution < 1.29 is 0 Å². The number of benzene rings is 1. The van der Waals surface area contributed by atoms with E-state index in [0.29, 0.717) is 10.9 Å².